The number of halogens is 3. The minimum absolute atomic E-state index is 0.264. The first-order valence-electron chi connectivity index (χ1n) is 5.04. The van der Waals surface area contributed by atoms with E-state index in [4.69, 9.17) is 0 Å². The molecule has 0 bridgehead atoms. The van der Waals surface area contributed by atoms with Gasteiger partial charge in [-0.1, -0.05) is 12.1 Å². The predicted molar refractivity (Wildman–Crippen MR) is 62.4 cm³/mol. The van der Waals surface area contributed by atoms with E-state index in [1.165, 1.54) is 12.1 Å². The van der Waals surface area contributed by atoms with Crippen molar-refractivity contribution in [3.63, 3.8) is 0 Å². The van der Waals surface area contributed by atoms with Gasteiger partial charge in [-0.3, -0.25) is 4.79 Å². The predicted octanol–water partition coefficient (Wildman–Crippen LogP) is 1.13. The summed E-state index contributed by atoms with van der Waals surface area (Å²) in [6.07, 6.45) is -4.57. The molecule has 0 unspecified atom stereocenters. The molecule has 0 aliphatic heterocycles. The van der Waals surface area contributed by atoms with Gasteiger partial charge in [0.05, 0.1) is 23.0 Å². The Bertz CT molecular complexity index is 476. The molecule has 104 valence electrons. The molecule has 0 aliphatic carbocycles. The largest absolute Gasteiger partial charge is 0.549 e. The number of carbonyl (C=O) groups excluding carboxylic acids is 2. The summed E-state index contributed by atoms with van der Waals surface area (Å²) in [6.45, 7) is 0. The van der Waals surface area contributed by atoms with Gasteiger partial charge in [0.15, 0.2) is 0 Å². The number of hydrogen-bond donors (Lipinski definition) is 1. The van der Waals surface area contributed by atoms with Crippen LogP contribution in [0.4, 0.5) is 18.9 Å². The minimum Gasteiger partial charge on any atom is -0.549 e. The number of hydrogen-bond acceptors (Lipinski definition) is 4. The number of carboxylic acids is 1. The van der Waals surface area contributed by atoms with E-state index in [-0.39, 0.29) is 11.4 Å². The van der Waals surface area contributed by atoms with E-state index >= 15 is 0 Å². The van der Waals surface area contributed by atoms with Crippen molar-refractivity contribution in [2.45, 2.75) is 6.18 Å². The van der Waals surface area contributed by atoms with Crippen LogP contribution in [0, 0.1) is 0 Å². The van der Waals surface area contributed by atoms with Crippen molar-refractivity contribution in [1.82, 2.24) is 0 Å². The Labute approximate surface area is 111 Å². The first kappa shape index (κ1) is 15.4. The fourth-order valence-electron chi connectivity index (χ4n) is 1.25. The van der Waals surface area contributed by atoms with Gasteiger partial charge in [-0.2, -0.15) is 13.2 Å². The van der Waals surface area contributed by atoms with Crippen molar-refractivity contribution in [3.05, 3.63) is 29.8 Å². The Morgan fingerprint density at radius 1 is 1.21 bits per heavy atom. The zero-order valence-electron chi connectivity index (χ0n) is 9.49. The van der Waals surface area contributed by atoms with Crippen molar-refractivity contribution in [3.8, 4) is 0 Å². The summed E-state index contributed by atoms with van der Waals surface area (Å²) in [5.74, 6) is -2.70. The van der Waals surface area contributed by atoms with Gasteiger partial charge in [0.1, 0.15) is 0 Å². The average molecular weight is 292 g/mol. The number of benzene rings is 1. The molecule has 1 aromatic carbocycles. The SMILES string of the molecule is O=C([O-])CSCC(=O)Nc1ccccc1C(F)(F)F. The van der Waals surface area contributed by atoms with Gasteiger partial charge < -0.3 is 15.2 Å². The van der Waals surface area contributed by atoms with E-state index in [0.717, 1.165) is 23.9 Å². The van der Waals surface area contributed by atoms with Gasteiger partial charge in [-0.05, 0) is 12.1 Å². The van der Waals surface area contributed by atoms with Gasteiger partial charge in [-0.15, -0.1) is 11.8 Å². The van der Waals surface area contributed by atoms with Gasteiger partial charge in [0, 0.05) is 5.75 Å². The lowest BCUT2D eigenvalue weighted by Crippen LogP contribution is -2.25. The molecule has 0 saturated heterocycles. The van der Waals surface area contributed by atoms with Crippen LogP contribution in [-0.4, -0.2) is 23.4 Å². The number of nitrogens with one attached hydrogen (secondary N) is 1. The molecule has 0 radical (unpaired) electrons. The van der Waals surface area contributed by atoms with Gasteiger partial charge in [-0.25, -0.2) is 0 Å². The van der Waals surface area contributed by atoms with Crippen molar-refractivity contribution in [2.75, 3.05) is 16.8 Å². The van der Waals surface area contributed by atoms with Crippen LogP contribution in [0.3, 0.4) is 0 Å². The smallest absolute Gasteiger partial charge is 0.418 e. The van der Waals surface area contributed by atoms with E-state index < -0.39 is 29.4 Å². The van der Waals surface area contributed by atoms with Crippen LogP contribution in [0.2, 0.25) is 0 Å². The van der Waals surface area contributed by atoms with Crippen molar-refractivity contribution < 1.29 is 27.9 Å². The van der Waals surface area contributed by atoms with E-state index in [1.54, 1.807) is 0 Å². The molecule has 0 spiro atoms. The lowest BCUT2D eigenvalue weighted by Gasteiger charge is -2.13. The number of thioether (sulfide) groups is 1. The summed E-state index contributed by atoms with van der Waals surface area (Å²) in [6, 6.07) is 4.55. The van der Waals surface area contributed by atoms with Crippen molar-refractivity contribution >= 4 is 29.3 Å². The van der Waals surface area contributed by atoms with E-state index in [2.05, 4.69) is 5.32 Å². The molecule has 8 heteroatoms. The molecule has 4 nitrogen and oxygen atoms in total. The van der Waals surface area contributed by atoms with Crippen LogP contribution in [-0.2, 0) is 15.8 Å². The zero-order chi connectivity index (χ0) is 14.5. The summed E-state index contributed by atoms with van der Waals surface area (Å²) in [7, 11) is 0. The lowest BCUT2D eigenvalue weighted by molar-refractivity contribution is -0.301. The molecule has 19 heavy (non-hydrogen) atoms. The number of carboxylic acid groups (broad SMARTS) is 1. The Hall–Kier alpha value is -1.70. The Balaban J connectivity index is 2.67. The highest BCUT2D eigenvalue weighted by molar-refractivity contribution is 8.00. The molecule has 1 N–H and O–H groups in total. The first-order valence-corrected chi connectivity index (χ1v) is 6.20. The fraction of sp³-hybridized carbons (Fsp3) is 0.273. The number of alkyl halides is 3. The maximum absolute atomic E-state index is 12.6. The maximum Gasteiger partial charge on any atom is 0.418 e. The highest BCUT2D eigenvalue weighted by atomic mass is 32.2. The summed E-state index contributed by atoms with van der Waals surface area (Å²) in [4.78, 5) is 21.5. The highest BCUT2D eigenvalue weighted by Gasteiger charge is 2.33. The number of aliphatic carboxylic acids is 1. The van der Waals surface area contributed by atoms with Crippen LogP contribution in [0.15, 0.2) is 24.3 Å². The standard InChI is InChI=1S/C11H10F3NO3S/c12-11(13,14)7-3-1-2-4-8(7)15-9(16)5-19-6-10(17)18/h1-4H,5-6H2,(H,15,16)(H,17,18)/p-1. The van der Waals surface area contributed by atoms with Gasteiger partial charge >= 0.3 is 6.18 Å². The first-order chi connectivity index (χ1) is 8.80. The average Bonchev–Trinajstić information content (AvgIpc) is 2.27. The van der Waals surface area contributed by atoms with Crippen LogP contribution in [0.5, 0.6) is 0 Å². The van der Waals surface area contributed by atoms with Crippen LogP contribution >= 0.6 is 11.8 Å². The molecule has 1 rings (SSSR count). The normalized spacial score (nSPS) is 11.1. The second-order valence-electron chi connectivity index (χ2n) is 3.46. The molecule has 0 atom stereocenters. The number of carbonyl (C=O) groups is 2. The molecule has 1 aromatic rings. The fourth-order valence-corrected chi connectivity index (χ4v) is 1.78. The Morgan fingerprint density at radius 3 is 2.42 bits per heavy atom. The quantitative estimate of drug-likeness (QED) is 0.883. The highest BCUT2D eigenvalue weighted by Crippen LogP contribution is 2.34. The molecule has 0 fully saturated rings. The van der Waals surface area contributed by atoms with Crippen molar-refractivity contribution in [1.29, 1.82) is 0 Å². The van der Waals surface area contributed by atoms with Crippen LogP contribution in [0.1, 0.15) is 5.56 Å². The Kier molecular flexibility index (Phi) is 5.22. The summed E-state index contributed by atoms with van der Waals surface area (Å²) < 4.78 is 37.8. The number of rotatable bonds is 5. The second-order valence-corrected chi connectivity index (χ2v) is 4.44. The summed E-state index contributed by atoms with van der Waals surface area (Å²) >= 11 is 0.747. The lowest BCUT2D eigenvalue weighted by atomic mass is 10.1. The summed E-state index contributed by atoms with van der Waals surface area (Å²) in [5, 5.41) is 12.2. The third-order valence-electron chi connectivity index (χ3n) is 1.96. The van der Waals surface area contributed by atoms with E-state index in [0.29, 0.717) is 0 Å². The molecule has 0 aromatic heterocycles. The van der Waals surface area contributed by atoms with Crippen LogP contribution < -0.4 is 10.4 Å². The molecular weight excluding hydrogens is 283 g/mol. The van der Waals surface area contributed by atoms with Crippen LogP contribution in [0.25, 0.3) is 0 Å². The number of anilines is 1. The van der Waals surface area contributed by atoms with E-state index in [1.807, 2.05) is 0 Å². The molecular formula is C11H9F3NO3S-. The molecule has 1 amide bonds. The zero-order valence-corrected chi connectivity index (χ0v) is 10.3. The van der Waals surface area contributed by atoms with Gasteiger partial charge in [0.2, 0.25) is 5.91 Å². The topological polar surface area (TPSA) is 69.2 Å². The second kappa shape index (κ2) is 6.46. The molecule has 0 saturated carbocycles. The summed E-state index contributed by atoms with van der Waals surface area (Å²) in [5.41, 5.74) is -1.30. The third kappa shape index (κ3) is 5.21. The minimum atomic E-state index is -4.57. The van der Waals surface area contributed by atoms with E-state index in [9.17, 15) is 27.9 Å². The Morgan fingerprint density at radius 2 is 1.84 bits per heavy atom. The maximum atomic E-state index is 12.6. The number of para-hydroxylation sites is 1. The van der Waals surface area contributed by atoms with Crippen molar-refractivity contribution in [2.24, 2.45) is 0 Å². The monoisotopic (exact) mass is 292 g/mol. The number of amides is 1. The van der Waals surface area contributed by atoms with Gasteiger partial charge in [0.25, 0.3) is 0 Å². The molecule has 0 aliphatic rings. The third-order valence-corrected chi connectivity index (χ3v) is 2.87. The molecule has 0 heterocycles.